The first-order chi connectivity index (χ1) is 21.3. The second kappa shape index (κ2) is 10.3. The molecule has 1 saturated carbocycles. The summed E-state index contributed by atoms with van der Waals surface area (Å²) in [4.78, 5) is 91.9. The molecule has 2 aromatic rings. The van der Waals surface area contributed by atoms with Gasteiger partial charge in [0.05, 0.1) is 6.42 Å². The summed E-state index contributed by atoms with van der Waals surface area (Å²) in [5.41, 5.74) is 0.913. The van der Waals surface area contributed by atoms with E-state index < -0.39 is 89.3 Å². The maximum Gasteiger partial charge on any atom is 0.372 e. The van der Waals surface area contributed by atoms with E-state index in [9.17, 15) is 49.2 Å². The van der Waals surface area contributed by atoms with Gasteiger partial charge >= 0.3 is 23.6 Å². The smallest absolute Gasteiger partial charge is 0.372 e. The summed E-state index contributed by atoms with van der Waals surface area (Å²) in [5.74, 6) is -8.31. The van der Waals surface area contributed by atoms with Crippen molar-refractivity contribution in [3.63, 3.8) is 0 Å². The molecule has 20 heteroatoms. The van der Waals surface area contributed by atoms with Crippen LogP contribution in [0.5, 0.6) is 11.5 Å². The molecule has 1 aromatic heterocycles. The molecule has 236 valence electrons. The first kappa shape index (κ1) is 29.6. The maximum absolute atomic E-state index is 13.4. The Labute approximate surface area is 254 Å². The van der Waals surface area contributed by atoms with Crippen molar-refractivity contribution >= 4 is 57.8 Å². The lowest BCUT2D eigenvalue weighted by molar-refractivity contribution is -0.256. The fourth-order valence-electron chi connectivity index (χ4n) is 5.04. The molecule has 4 aliphatic rings. The highest BCUT2D eigenvalue weighted by Crippen LogP contribution is 2.41. The predicted octanol–water partition coefficient (Wildman–Crippen LogP) is -1.51. The number of rotatable bonds is 9. The normalized spacial score (nSPS) is 25.2. The van der Waals surface area contributed by atoms with Gasteiger partial charge in [-0.05, 0) is 17.7 Å². The number of hydrogen-bond acceptors (Lipinski definition) is 15. The number of thiazole rings is 1. The number of carbonyl (C=O) groups is 6. The van der Waals surface area contributed by atoms with Crippen molar-refractivity contribution in [2.24, 2.45) is 5.16 Å². The largest absolute Gasteiger partial charge is 0.504 e. The molecule has 6 rings (SSSR count). The molecule has 1 aromatic carbocycles. The second-order valence-electron chi connectivity index (χ2n) is 10.5. The van der Waals surface area contributed by atoms with Gasteiger partial charge in [-0.3, -0.25) is 19.2 Å². The summed E-state index contributed by atoms with van der Waals surface area (Å²) in [7, 11) is 0. The first-order valence-electron chi connectivity index (χ1n) is 13.1. The average Bonchev–Trinajstić information content (AvgIpc) is 3.15. The molecule has 45 heavy (non-hydrogen) atoms. The van der Waals surface area contributed by atoms with Crippen molar-refractivity contribution < 1.29 is 63.6 Å². The van der Waals surface area contributed by atoms with Gasteiger partial charge in [0.25, 0.3) is 17.7 Å². The number of carboxylic acids is 2. The highest BCUT2D eigenvalue weighted by Gasteiger charge is 2.64. The lowest BCUT2D eigenvalue weighted by Gasteiger charge is -2.31. The number of anilines is 1. The molecular formula is C25H22N6O13S. The van der Waals surface area contributed by atoms with Gasteiger partial charge in [0.15, 0.2) is 22.3 Å². The van der Waals surface area contributed by atoms with Crippen LogP contribution in [0.15, 0.2) is 22.7 Å². The van der Waals surface area contributed by atoms with Gasteiger partial charge in [0.2, 0.25) is 5.60 Å². The molecule has 3 amide bonds. The number of carbonyl (C=O) groups excluding carboxylic acids is 4. The minimum absolute atomic E-state index is 0.0264. The second-order valence-corrected chi connectivity index (χ2v) is 11.4. The zero-order valence-electron chi connectivity index (χ0n) is 22.7. The number of hydrogen-bond donors (Lipinski definition) is 6. The maximum atomic E-state index is 13.4. The van der Waals surface area contributed by atoms with E-state index in [0.717, 1.165) is 28.4 Å². The number of nitrogens with two attached hydrogens (primary N) is 1. The van der Waals surface area contributed by atoms with Crippen LogP contribution in [0.4, 0.5) is 5.13 Å². The van der Waals surface area contributed by atoms with Crippen LogP contribution in [-0.2, 0) is 44.9 Å². The molecule has 3 aliphatic heterocycles. The minimum atomic E-state index is -2.74. The van der Waals surface area contributed by atoms with Crippen LogP contribution in [-0.4, -0.2) is 107 Å². The molecule has 19 nitrogen and oxygen atoms in total. The fourth-order valence-corrected chi connectivity index (χ4v) is 5.59. The number of aromatic hydroxyl groups is 2. The molecule has 0 spiro atoms. The van der Waals surface area contributed by atoms with Crippen LogP contribution >= 0.6 is 11.3 Å². The number of nitrogens with zero attached hydrogens (tertiary/aromatic N) is 4. The fraction of sp³-hybridized carbons (Fsp3) is 0.360. The molecule has 1 unspecified atom stereocenters. The average molecular weight is 647 g/mol. The third kappa shape index (κ3) is 4.79. The van der Waals surface area contributed by atoms with Crippen molar-refractivity contribution in [3.05, 3.63) is 34.3 Å². The van der Waals surface area contributed by atoms with Crippen LogP contribution in [0.3, 0.4) is 0 Å². The summed E-state index contributed by atoms with van der Waals surface area (Å²) in [6, 6.07) is -0.911. The van der Waals surface area contributed by atoms with Gasteiger partial charge in [-0.15, -0.1) is 11.3 Å². The lowest BCUT2D eigenvalue weighted by Crippen LogP contribution is -2.57. The molecule has 4 heterocycles. The summed E-state index contributed by atoms with van der Waals surface area (Å²) in [6.07, 6.45) is -0.483. The number of oxime groups is 1. The van der Waals surface area contributed by atoms with E-state index in [1.807, 2.05) is 0 Å². The van der Waals surface area contributed by atoms with Crippen molar-refractivity contribution in [2.75, 3.05) is 12.3 Å². The number of esters is 1. The summed E-state index contributed by atoms with van der Waals surface area (Å²) in [6.45, 7) is -0.847. The van der Waals surface area contributed by atoms with E-state index in [2.05, 4.69) is 15.5 Å². The first-order valence-corrected chi connectivity index (χ1v) is 13.9. The third-order valence-electron chi connectivity index (χ3n) is 7.64. The predicted molar refractivity (Wildman–Crippen MR) is 143 cm³/mol. The van der Waals surface area contributed by atoms with Crippen LogP contribution in [0, 0.1) is 0 Å². The lowest BCUT2D eigenvalue weighted by atomic mass is 10.0. The minimum Gasteiger partial charge on any atom is -0.504 e. The van der Waals surface area contributed by atoms with E-state index in [4.69, 9.17) is 20.1 Å². The van der Waals surface area contributed by atoms with E-state index in [-0.39, 0.29) is 41.3 Å². The van der Waals surface area contributed by atoms with Gasteiger partial charge in [-0.1, -0.05) is 5.16 Å². The number of carboxylic acid groups (broad SMARTS) is 2. The third-order valence-corrected chi connectivity index (χ3v) is 8.32. The van der Waals surface area contributed by atoms with E-state index in [1.165, 1.54) is 5.38 Å². The molecule has 2 saturated heterocycles. The van der Waals surface area contributed by atoms with Gasteiger partial charge < -0.3 is 46.0 Å². The topological polar surface area (TPSA) is 281 Å². The van der Waals surface area contributed by atoms with Crippen LogP contribution < -0.4 is 11.1 Å². The van der Waals surface area contributed by atoms with E-state index in [0.29, 0.717) is 5.06 Å². The number of benzene rings is 1. The SMILES string of the molecule is Nc1nc(/C(=N/OC2(C(=O)O)CC2)C(=O)N[C@H]2CON(C3(C(=O)O)C[C@H](N4Cc5cc(O)c(O)cc5C4=O)C(=O)O3)C2=O)cs1. The molecular weight excluding hydrogens is 624 g/mol. The highest BCUT2D eigenvalue weighted by molar-refractivity contribution is 7.13. The van der Waals surface area contributed by atoms with Crippen molar-refractivity contribution in [3.8, 4) is 11.5 Å². The number of amides is 3. The van der Waals surface area contributed by atoms with Gasteiger partial charge in [-0.25, -0.2) is 19.4 Å². The number of hydroxylamine groups is 2. The standard InChI is InChI=1S/C25H22N6O13S/c26-23-28-12(8-45-23)16(29-44-24(1-2-24)21(38)39)17(34)27-11-7-42-31(19(11)36)25(22(40)41)5-13(20(37)43-25)30-6-9-3-14(32)15(33)4-10(9)18(30)35/h3-4,8,11,13,32-33H,1-2,5-7H2,(H2,26,28)(H,27,34)(H,38,39)(H,40,41)/b29-16-/t11-,13-,25?/m0/s1. The zero-order chi connectivity index (χ0) is 32.4. The Morgan fingerprint density at radius 1 is 1.13 bits per heavy atom. The Morgan fingerprint density at radius 3 is 2.47 bits per heavy atom. The Balaban J connectivity index is 1.20. The molecule has 1 aliphatic carbocycles. The van der Waals surface area contributed by atoms with E-state index in [1.54, 1.807) is 0 Å². The summed E-state index contributed by atoms with van der Waals surface area (Å²) < 4.78 is 5.18. The molecule has 0 bridgehead atoms. The molecule has 3 fully saturated rings. The van der Waals surface area contributed by atoms with Crippen LogP contribution in [0.25, 0.3) is 0 Å². The molecule has 7 N–H and O–H groups in total. The van der Waals surface area contributed by atoms with Gasteiger partial charge in [0.1, 0.15) is 24.4 Å². The Bertz CT molecular complexity index is 1720. The number of nitrogens with one attached hydrogen (secondary N) is 1. The number of phenols is 2. The Hall–Kier alpha value is -5.50. The van der Waals surface area contributed by atoms with Crippen molar-refractivity contribution in [1.82, 2.24) is 20.3 Å². The quantitative estimate of drug-likeness (QED) is 0.0781. The number of fused-ring (bicyclic) bond motifs is 1. The number of aliphatic carboxylic acids is 2. The molecule has 3 atom stereocenters. The number of phenolic OH excluding ortho intramolecular Hbond substituents is 2. The van der Waals surface area contributed by atoms with Crippen LogP contribution in [0.2, 0.25) is 0 Å². The summed E-state index contributed by atoms with van der Waals surface area (Å²) >= 11 is 0.945. The van der Waals surface area contributed by atoms with Gasteiger partial charge in [0, 0.05) is 30.3 Å². The number of aromatic nitrogens is 1. The van der Waals surface area contributed by atoms with Crippen molar-refractivity contribution in [2.45, 2.75) is 49.2 Å². The van der Waals surface area contributed by atoms with Gasteiger partial charge in [-0.2, -0.15) is 5.06 Å². The van der Waals surface area contributed by atoms with Crippen molar-refractivity contribution in [1.29, 1.82) is 0 Å². The number of ether oxygens (including phenoxy) is 1. The number of cyclic esters (lactones) is 1. The monoisotopic (exact) mass is 646 g/mol. The number of nitrogen functional groups attached to an aromatic ring is 1. The zero-order valence-corrected chi connectivity index (χ0v) is 23.5. The van der Waals surface area contributed by atoms with Crippen LogP contribution in [0.1, 0.15) is 40.9 Å². The highest BCUT2D eigenvalue weighted by atomic mass is 32.1. The van der Waals surface area contributed by atoms with E-state index >= 15 is 0 Å². The molecule has 0 radical (unpaired) electrons. The summed E-state index contributed by atoms with van der Waals surface area (Å²) in [5, 5.41) is 46.7. The Morgan fingerprint density at radius 2 is 1.84 bits per heavy atom. The Kier molecular flexibility index (Phi) is 6.77.